The van der Waals surface area contributed by atoms with Crippen molar-refractivity contribution in [3.63, 3.8) is 0 Å². The summed E-state index contributed by atoms with van der Waals surface area (Å²) in [6, 6.07) is 6.06. The van der Waals surface area contributed by atoms with Crippen LogP contribution in [0.25, 0.3) is 0 Å². The number of hydrogen-bond donors (Lipinski definition) is 1. The molecule has 5 heteroatoms. The Hall–Kier alpha value is -1.15. The quantitative estimate of drug-likeness (QED) is 0.883. The van der Waals surface area contributed by atoms with Crippen LogP contribution < -0.4 is 0 Å². The number of nitrogens with zero attached hydrogens (tertiary/aromatic N) is 1. The molecule has 0 bridgehead atoms. The average Bonchev–Trinajstić information content (AvgIpc) is 2.81. The summed E-state index contributed by atoms with van der Waals surface area (Å²) in [5, 5.41) is 19.3. The zero-order chi connectivity index (χ0) is 12.5. The van der Waals surface area contributed by atoms with Crippen LogP contribution in [0.2, 0.25) is 5.02 Å². The Kier molecular flexibility index (Phi) is 3.34. The summed E-state index contributed by atoms with van der Waals surface area (Å²) in [5.74, 6) is -0.545. The standard InChI is InChI=1S/C12H11ClFNO2/c13-9-5-8(1-2-10(9)14)11(16)12(6-15)3-4-17-7-12/h1-2,5,11,16H,3-4,7H2. The molecular formula is C12H11ClFNO2. The smallest absolute Gasteiger partial charge is 0.141 e. The monoisotopic (exact) mass is 255 g/mol. The highest BCUT2D eigenvalue weighted by Gasteiger charge is 2.43. The van der Waals surface area contributed by atoms with Gasteiger partial charge in [-0.2, -0.15) is 5.26 Å². The van der Waals surface area contributed by atoms with Crippen LogP contribution >= 0.6 is 11.6 Å². The van der Waals surface area contributed by atoms with E-state index in [0.29, 0.717) is 18.6 Å². The van der Waals surface area contributed by atoms with E-state index in [2.05, 4.69) is 6.07 Å². The number of halogens is 2. The van der Waals surface area contributed by atoms with Crippen LogP contribution in [0.3, 0.4) is 0 Å². The number of rotatable bonds is 2. The van der Waals surface area contributed by atoms with Gasteiger partial charge in [0.15, 0.2) is 0 Å². The fraction of sp³-hybridized carbons (Fsp3) is 0.417. The van der Waals surface area contributed by atoms with Crippen LogP contribution in [0.4, 0.5) is 4.39 Å². The van der Waals surface area contributed by atoms with Gasteiger partial charge in [-0.25, -0.2) is 4.39 Å². The van der Waals surface area contributed by atoms with E-state index in [1.165, 1.54) is 18.2 Å². The first-order chi connectivity index (χ1) is 8.09. The van der Waals surface area contributed by atoms with Crippen molar-refractivity contribution in [3.8, 4) is 6.07 Å². The number of benzene rings is 1. The fourth-order valence-electron chi connectivity index (χ4n) is 1.95. The highest BCUT2D eigenvalue weighted by Crippen LogP contribution is 2.41. The van der Waals surface area contributed by atoms with Gasteiger partial charge in [-0.3, -0.25) is 0 Å². The van der Waals surface area contributed by atoms with Crippen LogP contribution in [0.1, 0.15) is 18.1 Å². The first-order valence-corrected chi connectivity index (χ1v) is 5.59. The Morgan fingerprint density at radius 1 is 1.59 bits per heavy atom. The van der Waals surface area contributed by atoms with Crippen molar-refractivity contribution < 1.29 is 14.2 Å². The number of hydrogen-bond acceptors (Lipinski definition) is 3. The lowest BCUT2D eigenvalue weighted by molar-refractivity contribution is 0.0504. The van der Waals surface area contributed by atoms with Crippen molar-refractivity contribution in [3.05, 3.63) is 34.6 Å². The van der Waals surface area contributed by atoms with E-state index in [1.807, 2.05) is 0 Å². The third kappa shape index (κ3) is 2.14. The van der Waals surface area contributed by atoms with Gasteiger partial charge in [0.05, 0.1) is 23.8 Å². The van der Waals surface area contributed by atoms with E-state index < -0.39 is 17.3 Å². The van der Waals surface area contributed by atoms with E-state index in [-0.39, 0.29) is 11.6 Å². The van der Waals surface area contributed by atoms with E-state index >= 15 is 0 Å². The van der Waals surface area contributed by atoms with Crippen molar-refractivity contribution in [2.24, 2.45) is 5.41 Å². The minimum absolute atomic E-state index is 0.0615. The molecule has 1 aliphatic heterocycles. The molecule has 2 rings (SSSR count). The molecule has 0 radical (unpaired) electrons. The summed E-state index contributed by atoms with van der Waals surface area (Å²) >= 11 is 5.65. The molecule has 17 heavy (non-hydrogen) atoms. The molecule has 0 saturated carbocycles. The molecule has 1 fully saturated rings. The van der Waals surface area contributed by atoms with E-state index in [4.69, 9.17) is 16.3 Å². The largest absolute Gasteiger partial charge is 0.387 e. The van der Waals surface area contributed by atoms with Gasteiger partial charge in [-0.1, -0.05) is 17.7 Å². The van der Waals surface area contributed by atoms with Gasteiger partial charge < -0.3 is 9.84 Å². The lowest BCUT2D eigenvalue weighted by Crippen LogP contribution is -2.27. The van der Waals surface area contributed by atoms with Crippen LogP contribution in [-0.2, 0) is 4.74 Å². The first-order valence-electron chi connectivity index (χ1n) is 5.21. The predicted octanol–water partition coefficient (Wildman–Crippen LogP) is 2.44. The highest BCUT2D eigenvalue weighted by molar-refractivity contribution is 6.30. The number of ether oxygens (including phenoxy) is 1. The molecule has 1 saturated heterocycles. The summed E-state index contributed by atoms with van der Waals surface area (Å²) in [6.45, 7) is 0.624. The summed E-state index contributed by atoms with van der Waals surface area (Å²) < 4.78 is 18.2. The van der Waals surface area contributed by atoms with E-state index in [1.54, 1.807) is 0 Å². The minimum Gasteiger partial charge on any atom is -0.387 e. The molecular weight excluding hydrogens is 245 g/mol. The maximum absolute atomic E-state index is 13.0. The zero-order valence-corrected chi connectivity index (χ0v) is 9.75. The van der Waals surface area contributed by atoms with E-state index in [9.17, 15) is 14.8 Å². The Balaban J connectivity index is 2.33. The van der Waals surface area contributed by atoms with Crippen molar-refractivity contribution in [1.29, 1.82) is 5.26 Å². The van der Waals surface area contributed by atoms with Crippen molar-refractivity contribution in [2.45, 2.75) is 12.5 Å². The topological polar surface area (TPSA) is 53.2 Å². The van der Waals surface area contributed by atoms with Crippen LogP contribution in [0.5, 0.6) is 0 Å². The third-order valence-corrected chi connectivity index (χ3v) is 3.35. The first kappa shape index (κ1) is 12.3. The normalized spacial score (nSPS) is 25.5. The molecule has 1 aromatic carbocycles. The molecule has 0 amide bonds. The summed E-state index contributed by atoms with van der Waals surface area (Å²) in [4.78, 5) is 0. The second kappa shape index (κ2) is 4.61. The maximum atomic E-state index is 13.0. The van der Waals surface area contributed by atoms with Crippen molar-refractivity contribution in [1.82, 2.24) is 0 Å². The number of nitriles is 1. The number of aliphatic hydroxyl groups is 1. The third-order valence-electron chi connectivity index (χ3n) is 3.06. The van der Waals surface area contributed by atoms with E-state index in [0.717, 1.165) is 0 Å². The second-order valence-electron chi connectivity index (χ2n) is 4.15. The van der Waals surface area contributed by atoms with Crippen LogP contribution in [-0.4, -0.2) is 18.3 Å². The Bertz CT molecular complexity index is 466. The van der Waals surface area contributed by atoms with Gasteiger partial charge in [-0.15, -0.1) is 0 Å². The molecule has 90 valence electrons. The predicted molar refractivity (Wildman–Crippen MR) is 59.9 cm³/mol. The summed E-state index contributed by atoms with van der Waals surface area (Å²) in [6.07, 6.45) is -0.562. The number of aliphatic hydroxyl groups excluding tert-OH is 1. The lowest BCUT2D eigenvalue weighted by atomic mass is 9.79. The Morgan fingerprint density at radius 2 is 2.35 bits per heavy atom. The molecule has 0 aliphatic carbocycles. The van der Waals surface area contributed by atoms with Gasteiger partial charge >= 0.3 is 0 Å². The van der Waals surface area contributed by atoms with Crippen molar-refractivity contribution >= 4 is 11.6 Å². The zero-order valence-electron chi connectivity index (χ0n) is 8.99. The SMILES string of the molecule is N#CC1(C(O)c2ccc(F)c(Cl)c2)CCOC1. The summed E-state index contributed by atoms with van der Waals surface area (Å²) in [7, 11) is 0. The molecule has 1 aromatic rings. The average molecular weight is 256 g/mol. The van der Waals surface area contributed by atoms with Gasteiger partial charge in [0.1, 0.15) is 11.2 Å². The van der Waals surface area contributed by atoms with Crippen LogP contribution in [0, 0.1) is 22.6 Å². The Morgan fingerprint density at radius 3 is 2.88 bits per heavy atom. The molecule has 0 spiro atoms. The Labute approximate surface area is 103 Å². The summed E-state index contributed by atoms with van der Waals surface area (Å²) in [5.41, 5.74) is -0.523. The van der Waals surface area contributed by atoms with Gasteiger partial charge in [0.25, 0.3) is 0 Å². The molecule has 1 N–H and O–H groups in total. The lowest BCUT2D eigenvalue weighted by Gasteiger charge is -2.25. The van der Waals surface area contributed by atoms with Gasteiger partial charge in [-0.05, 0) is 24.1 Å². The van der Waals surface area contributed by atoms with Crippen LogP contribution in [0.15, 0.2) is 18.2 Å². The highest BCUT2D eigenvalue weighted by atomic mass is 35.5. The molecule has 2 atom stereocenters. The maximum Gasteiger partial charge on any atom is 0.141 e. The van der Waals surface area contributed by atoms with Gasteiger partial charge in [0.2, 0.25) is 0 Å². The molecule has 0 aromatic heterocycles. The fourth-order valence-corrected chi connectivity index (χ4v) is 2.14. The minimum atomic E-state index is -1.02. The molecule has 1 heterocycles. The van der Waals surface area contributed by atoms with Crippen molar-refractivity contribution in [2.75, 3.05) is 13.2 Å². The van der Waals surface area contributed by atoms with Gasteiger partial charge in [0, 0.05) is 6.61 Å². The second-order valence-corrected chi connectivity index (χ2v) is 4.55. The molecule has 2 unspecified atom stereocenters. The molecule has 1 aliphatic rings. The molecule has 3 nitrogen and oxygen atoms in total.